The molecule has 0 saturated carbocycles. The first-order valence-electron chi connectivity index (χ1n) is 11.9. The Morgan fingerprint density at radius 3 is 1.81 bits per heavy atom. The molecule has 0 unspecified atom stereocenters. The standard InChI is InChI=1S/C29H31FN2O4/c1-21(2)25(26(33)36-20-24-16-10-5-11-17-24)32-28(35)29(30,18-22-12-6-3-7-13-22)27(34)31-19-23-14-8-4-9-15-23/h3-17,21,25H,18-20H2,1-2H3,(H,31,34)(H,32,35)/t25-,29-/m0/s1. The van der Waals surface area contributed by atoms with Crippen LogP contribution in [0.4, 0.5) is 4.39 Å². The van der Waals surface area contributed by atoms with E-state index in [0.717, 1.165) is 11.1 Å². The van der Waals surface area contributed by atoms with Gasteiger partial charge >= 0.3 is 5.97 Å². The third-order valence-corrected chi connectivity index (χ3v) is 5.74. The molecule has 0 aliphatic rings. The summed E-state index contributed by atoms with van der Waals surface area (Å²) in [6, 6.07) is 25.4. The van der Waals surface area contributed by atoms with Gasteiger partial charge in [-0.2, -0.15) is 0 Å². The maximum absolute atomic E-state index is 16.3. The predicted octanol–water partition coefficient (Wildman–Crippen LogP) is 4.14. The number of hydrogen-bond donors (Lipinski definition) is 2. The minimum atomic E-state index is -2.94. The van der Waals surface area contributed by atoms with Crippen LogP contribution in [0, 0.1) is 5.92 Å². The van der Waals surface area contributed by atoms with Gasteiger partial charge in [0, 0.05) is 13.0 Å². The summed E-state index contributed by atoms with van der Waals surface area (Å²) in [5, 5.41) is 4.97. The Morgan fingerprint density at radius 2 is 1.28 bits per heavy atom. The second-order valence-electron chi connectivity index (χ2n) is 8.92. The van der Waals surface area contributed by atoms with Crippen LogP contribution < -0.4 is 10.6 Å². The zero-order valence-electron chi connectivity index (χ0n) is 20.4. The Kier molecular flexibility index (Phi) is 9.33. The van der Waals surface area contributed by atoms with Gasteiger partial charge < -0.3 is 15.4 Å². The van der Waals surface area contributed by atoms with Crippen molar-refractivity contribution in [3.05, 3.63) is 108 Å². The highest BCUT2D eigenvalue weighted by atomic mass is 19.1. The molecule has 2 N–H and O–H groups in total. The summed E-state index contributed by atoms with van der Waals surface area (Å²) in [5.74, 6) is -3.36. The van der Waals surface area contributed by atoms with E-state index in [1.54, 1.807) is 80.6 Å². The van der Waals surface area contributed by atoms with E-state index in [9.17, 15) is 14.4 Å². The molecule has 0 radical (unpaired) electrons. The van der Waals surface area contributed by atoms with E-state index >= 15 is 4.39 Å². The number of alkyl halides is 1. The third kappa shape index (κ3) is 7.25. The van der Waals surface area contributed by atoms with Gasteiger partial charge in [-0.3, -0.25) is 9.59 Å². The molecule has 3 rings (SSSR count). The summed E-state index contributed by atoms with van der Waals surface area (Å²) in [6.45, 7) is 3.49. The van der Waals surface area contributed by atoms with Crippen LogP contribution in [-0.2, 0) is 38.7 Å². The van der Waals surface area contributed by atoms with Crippen molar-refractivity contribution in [3.63, 3.8) is 0 Å². The molecule has 0 spiro atoms. The van der Waals surface area contributed by atoms with E-state index in [4.69, 9.17) is 4.74 Å². The Labute approximate surface area is 210 Å². The number of benzene rings is 3. The van der Waals surface area contributed by atoms with Crippen LogP contribution in [0.2, 0.25) is 0 Å². The lowest BCUT2D eigenvalue weighted by atomic mass is 9.92. The molecule has 3 aromatic carbocycles. The summed E-state index contributed by atoms with van der Waals surface area (Å²) in [7, 11) is 0. The highest BCUT2D eigenvalue weighted by Gasteiger charge is 2.48. The SMILES string of the molecule is CC(C)[C@H](NC(=O)[C@](F)(Cc1ccccc1)C(=O)NCc1ccccc1)C(=O)OCc1ccccc1. The van der Waals surface area contributed by atoms with Gasteiger partial charge in [-0.1, -0.05) is 105 Å². The predicted molar refractivity (Wildman–Crippen MR) is 135 cm³/mol. The van der Waals surface area contributed by atoms with Crippen LogP contribution >= 0.6 is 0 Å². The van der Waals surface area contributed by atoms with E-state index in [2.05, 4.69) is 10.6 Å². The van der Waals surface area contributed by atoms with Crippen LogP contribution in [0.15, 0.2) is 91.0 Å². The average Bonchev–Trinajstić information content (AvgIpc) is 2.90. The largest absolute Gasteiger partial charge is 0.459 e. The monoisotopic (exact) mass is 490 g/mol. The Balaban J connectivity index is 1.76. The first-order valence-corrected chi connectivity index (χ1v) is 11.9. The lowest BCUT2D eigenvalue weighted by molar-refractivity contribution is -0.154. The zero-order valence-corrected chi connectivity index (χ0v) is 20.4. The number of ether oxygens (including phenoxy) is 1. The first kappa shape index (κ1) is 26.6. The van der Waals surface area contributed by atoms with Crippen molar-refractivity contribution in [1.29, 1.82) is 0 Å². The lowest BCUT2D eigenvalue weighted by Gasteiger charge is -2.27. The Bertz CT molecular complexity index is 1140. The molecule has 3 aromatic rings. The highest BCUT2D eigenvalue weighted by molar-refractivity contribution is 6.09. The number of carbonyl (C=O) groups excluding carboxylic acids is 3. The minimum absolute atomic E-state index is 0.0150. The third-order valence-electron chi connectivity index (χ3n) is 5.74. The number of halogens is 1. The van der Waals surface area contributed by atoms with Gasteiger partial charge in [-0.15, -0.1) is 0 Å². The summed E-state index contributed by atoms with van der Waals surface area (Å²) in [6.07, 6.45) is -0.482. The lowest BCUT2D eigenvalue weighted by Crippen LogP contribution is -2.59. The topological polar surface area (TPSA) is 84.5 Å². The van der Waals surface area contributed by atoms with Crippen LogP contribution in [-0.4, -0.2) is 29.5 Å². The summed E-state index contributed by atoms with van der Waals surface area (Å²) >= 11 is 0. The average molecular weight is 491 g/mol. The molecule has 7 heteroatoms. The fraction of sp³-hybridized carbons (Fsp3) is 0.276. The van der Waals surface area contributed by atoms with Crippen LogP contribution in [0.25, 0.3) is 0 Å². The molecule has 0 fully saturated rings. The maximum atomic E-state index is 16.3. The summed E-state index contributed by atoms with van der Waals surface area (Å²) < 4.78 is 21.7. The van der Waals surface area contributed by atoms with Crippen molar-refractivity contribution in [1.82, 2.24) is 10.6 Å². The van der Waals surface area contributed by atoms with Gasteiger partial charge in [0.25, 0.3) is 17.5 Å². The van der Waals surface area contributed by atoms with Crippen molar-refractivity contribution >= 4 is 17.8 Å². The van der Waals surface area contributed by atoms with Crippen molar-refractivity contribution in [3.8, 4) is 0 Å². The Morgan fingerprint density at radius 1 is 0.778 bits per heavy atom. The number of rotatable bonds is 11. The Hall–Kier alpha value is -4.00. The molecule has 36 heavy (non-hydrogen) atoms. The normalized spacial score (nSPS) is 13.3. The van der Waals surface area contributed by atoms with Crippen LogP contribution in [0.1, 0.15) is 30.5 Å². The van der Waals surface area contributed by atoms with Crippen molar-refractivity contribution in [2.24, 2.45) is 5.92 Å². The fourth-order valence-electron chi connectivity index (χ4n) is 3.63. The molecule has 6 nitrogen and oxygen atoms in total. The van der Waals surface area contributed by atoms with Crippen molar-refractivity contribution in [2.75, 3.05) is 0 Å². The van der Waals surface area contributed by atoms with Gasteiger partial charge in [0.1, 0.15) is 12.6 Å². The fourth-order valence-corrected chi connectivity index (χ4v) is 3.63. The second-order valence-corrected chi connectivity index (χ2v) is 8.92. The van der Waals surface area contributed by atoms with E-state index < -0.39 is 41.8 Å². The van der Waals surface area contributed by atoms with E-state index in [0.29, 0.717) is 5.56 Å². The van der Waals surface area contributed by atoms with Gasteiger partial charge in [0.15, 0.2) is 0 Å². The zero-order chi connectivity index (χ0) is 26.0. The molecule has 0 aliphatic heterocycles. The molecular weight excluding hydrogens is 459 g/mol. The number of amides is 2. The van der Waals surface area contributed by atoms with Gasteiger partial charge in [0.05, 0.1) is 0 Å². The smallest absolute Gasteiger partial charge is 0.329 e. The maximum Gasteiger partial charge on any atom is 0.329 e. The molecule has 0 aromatic heterocycles. The molecular formula is C29H31FN2O4. The molecule has 2 atom stereocenters. The van der Waals surface area contributed by atoms with Crippen molar-refractivity contribution in [2.45, 2.75) is 45.1 Å². The number of esters is 1. The van der Waals surface area contributed by atoms with Crippen molar-refractivity contribution < 1.29 is 23.5 Å². The molecule has 2 amide bonds. The first-order chi connectivity index (χ1) is 17.3. The molecule has 0 saturated heterocycles. The number of hydrogen-bond acceptors (Lipinski definition) is 4. The molecule has 0 aliphatic carbocycles. The van der Waals surface area contributed by atoms with E-state index in [1.165, 1.54) is 0 Å². The quantitative estimate of drug-likeness (QED) is 0.313. The molecule has 0 bridgehead atoms. The van der Waals surface area contributed by atoms with Gasteiger partial charge in [-0.25, -0.2) is 9.18 Å². The minimum Gasteiger partial charge on any atom is -0.459 e. The number of nitrogens with one attached hydrogen (secondary N) is 2. The van der Waals surface area contributed by atoms with Gasteiger partial charge in [0.2, 0.25) is 0 Å². The molecule has 0 heterocycles. The van der Waals surface area contributed by atoms with Crippen LogP contribution in [0.5, 0.6) is 0 Å². The number of carbonyl (C=O) groups is 3. The summed E-state index contributed by atoms with van der Waals surface area (Å²) in [4.78, 5) is 39.1. The highest BCUT2D eigenvalue weighted by Crippen LogP contribution is 2.21. The van der Waals surface area contributed by atoms with Crippen LogP contribution in [0.3, 0.4) is 0 Å². The summed E-state index contributed by atoms with van der Waals surface area (Å²) in [5.41, 5.74) is -0.928. The van der Waals surface area contributed by atoms with E-state index in [-0.39, 0.29) is 13.2 Å². The second kappa shape index (κ2) is 12.6. The van der Waals surface area contributed by atoms with E-state index in [1.807, 2.05) is 24.3 Å². The molecule has 188 valence electrons. The van der Waals surface area contributed by atoms with Gasteiger partial charge in [-0.05, 0) is 22.6 Å².